The lowest BCUT2D eigenvalue weighted by atomic mass is 9.66. The Morgan fingerprint density at radius 2 is 2.28 bits per heavy atom. The number of hydrogen-bond donors (Lipinski definition) is 4. The molecule has 0 bridgehead atoms. The van der Waals surface area contributed by atoms with E-state index in [4.69, 9.17) is 5.73 Å². The maximum atomic E-state index is 11.6. The average molecular weight is 254 g/mol. The highest BCUT2D eigenvalue weighted by molar-refractivity contribution is 6.48. The van der Waals surface area contributed by atoms with Gasteiger partial charge in [0, 0.05) is 12.5 Å². The van der Waals surface area contributed by atoms with Gasteiger partial charge in [-0.3, -0.25) is 4.79 Å². The number of carboxylic acids is 1. The summed E-state index contributed by atoms with van der Waals surface area (Å²) in [5.74, 6) is -0.346. The second-order valence-electron chi connectivity index (χ2n) is 5.98. The Hall–Kier alpha value is -0.585. The summed E-state index contributed by atoms with van der Waals surface area (Å²) in [7, 11) is 0. The van der Waals surface area contributed by atoms with E-state index in [2.05, 4.69) is 5.32 Å². The summed E-state index contributed by atoms with van der Waals surface area (Å²) in [5.41, 5.74) is 5.17. The standard InChI is InChI=1S/C12H23BN2O3/c1-13(18)4-2-3-9-5-8-6-15-7-10(8)12(9,14)11(16)17/h8-10,15,18H,2-7,14H2,1H3,(H,16,17). The Labute approximate surface area is 108 Å². The maximum absolute atomic E-state index is 11.6. The minimum atomic E-state index is -1.08. The lowest BCUT2D eigenvalue weighted by Crippen LogP contribution is -2.57. The zero-order valence-corrected chi connectivity index (χ0v) is 10.9. The first kappa shape index (κ1) is 13.8. The van der Waals surface area contributed by atoms with Crippen LogP contribution in [0.5, 0.6) is 0 Å². The van der Waals surface area contributed by atoms with Crippen LogP contribution in [0.2, 0.25) is 13.1 Å². The molecular formula is C12H23BN2O3. The van der Waals surface area contributed by atoms with Gasteiger partial charge in [-0.15, -0.1) is 0 Å². The Morgan fingerprint density at radius 1 is 1.56 bits per heavy atom. The number of hydrogen-bond acceptors (Lipinski definition) is 4. The molecule has 18 heavy (non-hydrogen) atoms. The van der Waals surface area contributed by atoms with Gasteiger partial charge in [0.15, 0.2) is 0 Å². The van der Waals surface area contributed by atoms with Crippen molar-refractivity contribution in [1.29, 1.82) is 0 Å². The van der Waals surface area contributed by atoms with E-state index in [1.807, 2.05) is 0 Å². The summed E-state index contributed by atoms with van der Waals surface area (Å²) < 4.78 is 0. The third-order valence-electron chi connectivity index (χ3n) is 4.76. The van der Waals surface area contributed by atoms with Gasteiger partial charge in [0.2, 0.25) is 0 Å². The highest BCUT2D eigenvalue weighted by Crippen LogP contribution is 2.47. The average Bonchev–Trinajstić information content (AvgIpc) is 2.82. The summed E-state index contributed by atoms with van der Waals surface area (Å²) in [4.78, 5) is 11.6. The summed E-state index contributed by atoms with van der Waals surface area (Å²) in [6, 6.07) is 0. The molecule has 5 nitrogen and oxygen atoms in total. The van der Waals surface area contributed by atoms with Gasteiger partial charge in [0.1, 0.15) is 5.54 Å². The van der Waals surface area contributed by atoms with Crippen molar-refractivity contribution in [2.24, 2.45) is 23.5 Å². The maximum Gasteiger partial charge on any atom is 0.324 e. The molecule has 0 aromatic heterocycles. The number of rotatable bonds is 5. The number of carbonyl (C=O) groups is 1. The van der Waals surface area contributed by atoms with Crippen LogP contribution in [0, 0.1) is 17.8 Å². The fourth-order valence-electron chi connectivity index (χ4n) is 3.75. The Bertz CT molecular complexity index is 326. The summed E-state index contributed by atoms with van der Waals surface area (Å²) >= 11 is 0. The third-order valence-corrected chi connectivity index (χ3v) is 4.76. The predicted octanol–water partition coefficient (Wildman–Crippen LogP) is 0.0178. The molecule has 0 radical (unpaired) electrons. The van der Waals surface area contributed by atoms with Crippen molar-refractivity contribution < 1.29 is 14.9 Å². The lowest BCUT2D eigenvalue weighted by molar-refractivity contribution is -0.146. The first-order valence-corrected chi connectivity index (χ1v) is 6.87. The highest BCUT2D eigenvalue weighted by atomic mass is 16.4. The van der Waals surface area contributed by atoms with Gasteiger partial charge >= 0.3 is 5.97 Å². The van der Waals surface area contributed by atoms with E-state index in [-0.39, 0.29) is 18.8 Å². The number of carboxylic acid groups (broad SMARTS) is 1. The van der Waals surface area contributed by atoms with Crippen LogP contribution in [0.1, 0.15) is 19.3 Å². The first-order chi connectivity index (χ1) is 8.46. The fraction of sp³-hybridized carbons (Fsp3) is 0.917. The van der Waals surface area contributed by atoms with Crippen LogP contribution < -0.4 is 11.1 Å². The van der Waals surface area contributed by atoms with Crippen molar-refractivity contribution in [2.45, 2.75) is 37.9 Å². The van der Waals surface area contributed by atoms with E-state index in [0.717, 1.165) is 38.7 Å². The molecule has 6 heteroatoms. The van der Waals surface area contributed by atoms with E-state index < -0.39 is 11.5 Å². The van der Waals surface area contributed by atoms with E-state index in [0.29, 0.717) is 5.92 Å². The van der Waals surface area contributed by atoms with Crippen molar-refractivity contribution in [3.05, 3.63) is 0 Å². The van der Waals surface area contributed by atoms with Gasteiger partial charge in [0.25, 0.3) is 6.92 Å². The molecule has 0 aromatic rings. The monoisotopic (exact) mass is 254 g/mol. The van der Waals surface area contributed by atoms with E-state index in [1.165, 1.54) is 0 Å². The molecule has 1 aliphatic carbocycles. The lowest BCUT2D eigenvalue weighted by Gasteiger charge is -2.31. The van der Waals surface area contributed by atoms with Crippen LogP contribution in [-0.2, 0) is 4.79 Å². The van der Waals surface area contributed by atoms with Gasteiger partial charge < -0.3 is 21.2 Å². The fourth-order valence-corrected chi connectivity index (χ4v) is 3.75. The van der Waals surface area contributed by atoms with Gasteiger partial charge in [-0.25, -0.2) is 0 Å². The molecule has 4 unspecified atom stereocenters. The zero-order valence-electron chi connectivity index (χ0n) is 10.9. The second-order valence-corrected chi connectivity index (χ2v) is 5.98. The molecule has 2 fully saturated rings. The SMILES string of the molecule is CB(O)CCCC1CC2CNCC2C1(N)C(=O)O. The number of nitrogens with two attached hydrogens (primary N) is 1. The molecule has 5 N–H and O–H groups in total. The largest absolute Gasteiger partial charge is 0.480 e. The molecule has 102 valence electrons. The highest BCUT2D eigenvalue weighted by Gasteiger charge is 2.58. The molecule has 0 amide bonds. The number of aliphatic carboxylic acids is 1. The van der Waals surface area contributed by atoms with E-state index in [1.54, 1.807) is 6.82 Å². The summed E-state index contributed by atoms with van der Waals surface area (Å²) in [6.07, 6.45) is 3.28. The van der Waals surface area contributed by atoms with Crippen LogP contribution in [0.15, 0.2) is 0 Å². The Kier molecular flexibility index (Phi) is 3.99. The molecule has 0 aromatic carbocycles. The van der Waals surface area contributed by atoms with Crippen LogP contribution in [-0.4, -0.2) is 41.6 Å². The normalized spacial score (nSPS) is 38.7. The Morgan fingerprint density at radius 3 is 2.89 bits per heavy atom. The predicted molar refractivity (Wildman–Crippen MR) is 70.4 cm³/mol. The quantitative estimate of drug-likeness (QED) is 0.519. The number of fused-ring (bicyclic) bond motifs is 1. The van der Waals surface area contributed by atoms with Crippen LogP contribution in [0.25, 0.3) is 0 Å². The molecule has 1 saturated heterocycles. The van der Waals surface area contributed by atoms with E-state index in [9.17, 15) is 14.9 Å². The molecule has 2 rings (SSSR count). The first-order valence-electron chi connectivity index (χ1n) is 6.87. The van der Waals surface area contributed by atoms with Crippen molar-refractivity contribution in [3.63, 3.8) is 0 Å². The van der Waals surface area contributed by atoms with Crippen LogP contribution >= 0.6 is 0 Å². The minimum Gasteiger partial charge on any atom is -0.480 e. The molecule has 4 atom stereocenters. The van der Waals surface area contributed by atoms with Crippen molar-refractivity contribution in [2.75, 3.05) is 13.1 Å². The summed E-state index contributed by atoms with van der Waals surface area (Å²) in [6.45, 7) is 3.06. The number of nitrogens with one attached hydrogen (secondary N) is 1. The molecule has 1 aliphatic heterocycles. The topological polar surface area (TPSA) is 95.6 Å². The molecule has 0 spiro atoms. The molecule has 1 saturated carbocycles. The van der Waals surface area contributed by atoms with Crippen molar-refractivity contribution in [3.8, 4) is 0 Å². The van der Waals surface area contributed by atoms with Gasteiger partial charge in [0.05, 0.1) is 0 Å². The van der Waals surface area contributed by atoms with Crippen molar-refractivity contribution >= 4 is 12.9 Å². The third kappa shape index (κ3) is 2.29. The summed E-state index contributed by atoms with van der Waals surface area (Å²) in [5, 5.41) is 22.0. The molecular weight excluding hydrogens is 231 g/mol. The Balaban J connectivity index is 2.03. The van der Waals surface area contributed by atoms with E-state index >= 15 is 0 Å². The second kappa shape index (κ2) is 5.19. The minimum absolute atomic E-state index is 0.0471. The molecule has 1 heterocycles. The van der Waals surface area contributed by atoms with Gasteiger partial charge in [-0.1, -0.05) is 13.2 Å². The van der Waals surface area contributed by atoms with Gasteiger partial charge in [-0.2, -0.15) is 0 Å². The van der Waals surface area contributed by atoms with Gasteiger partial charge in [-0.05, 0) is 37.5 Å². The van der Waals surface area contributed by atoms with Crippen molar-refractivity contribution in [1.82, 2.24) is 5.32 Å². The molecule has 2 aliphatic rings. The van der Waals surface area contributed by atoms with Crippen LogP contribution in [0.3, 0.4) is 0 Å². The smallest absolute Gasteiger partial charge is 0.324 e. The van der Waals surface area contributed by atoms with Crippen LogP contribution in [0.4, 0.5) is 0 Å². The zero-order chi connectivity index (χ0) is 13.3.